The molecule has 0 spiro atoms. The van der Waals surface area contributed by atoms with Crippen LogP contribution in [-0.4, -0.2) is 19.6 Å². The lowest BCUT2D eigenvalue weighted by molar-refractivity contribution is 0.328. The van der Waals surface area contributed by atoms with Crippen molar-refractivity contribution in [3.63, 3.8) is 0 Å². The quantitative estimate of drug-likeness (QED) is 0.472. The molecule has 2 aromatic heterocycles. The molecule has 0 saturated heterocycles. The van der Waals surface area contributed by atoms with Gasteiger partial charge in [-0.15, -0.1) is 0 Å². The molecule has 0 amide bonds. The number of nitrogens with one attached hydrogen (secondary N) is 1. The van der Waals surface area contributed by atoms with Crippen molar-refractivity contribution >= 4 is 5.65 Å². The second-order valence-corrected chi connectivity index (χ2v) is 10.2. The molecule has 3 aromatic rings. The lowest BCUT2D eigenvalue weighted by Crippen LogP contribution is -2.11. The van der Waals surface area contributed by atoms with Crippen molar-refractivity contribution < 1.29 is 0 Å². The van der Waals surface area contributed by atoms with E-state index in [9.17, 15) is 4.79 Å². The number of hydrogen-bond acceptors (Lipinski definition) is 3. The molecule has 166 valence electrons. The van der Waals surface area contributed by atoms with Gasteiger partial charge in [-0.1, -0.05) is 96.4 Å². The summed E-state index contributed by atoms with van der Waals surface area (Å²) < 4.78 is 1.76. The molecule has 0 atom stereocenters. The standard InChI is InChI=1S/C26H36N4O/c1-26(2,3)21-16-14-20(15-17-21)25-27-22(30-23(28-25)18-24(31)29-30)13-9-5-8-12-19-10-6-4-7-11-19/h14-19H,4-13H2,1-3H3,(H,29,31). The Morgan fingerprint density at radius 3 is 2.45 bits per heavy atom. The van der Waals surface area contributed by atoms with Crippen molar-refractivity contribution in [2.75, 3.05) is 0 Å². The average Bonchev–Trinajstić information content (AvgIpc) is 3.14. The molecule has 0 radical (unpaired) electrons. The number of aryl methyl sites for hydroxylation is 1. The molecule has 0 unspecified atom stereocenters. The van der Waals surface area contributed by atoms with Gasteiger partial charge in [0.05, 0.1) is 0 Å². The molecular weight excluding hydrogens is 384 g/mol. The molecule has 1 fully saturated rings. The fraction of sp³-hybridized carbons (Fsp3) is 0.577. The third-order valence-corrected chi connectivity index (χ3v) is 6.67. The number of benzene rings is 1. The first-order valence-electron chi connectivity index (χ1n) is 12.0. The maximum absolute atomic E-state index is 12.0. The van der Waals surface area contributed by atoms with E-state index in [0.29, 0.717) is 11.5 Å². The van der Waals surface area contributed by atoms with Crippen molar-refractivity contribution in [1.29, 1.82) is 0 Å². The van der Waals surface area contributed by atoms with E-state index in [0.717, 1.165) is 30.1 Å². The summed E-state index contributed by atoms with van der Waals surface area (Å²) in [4.78, 5) is 21.4. The number of rotatable bonds is 7. The number of fused-ring (bicyclic) bond motifs is 1. The zero-order valence-electron chi connectivity index (χ0n) is 19.3. The van der Waals surface area contributed by atoms with E-state index < -0.39 is 0 Å². The van der Waals surface area contributed by atoms with Gasteiger partial charge in [0.1, 0.15) is 5.82 Å². The van der Waals surface area contributed by atoms with Gasteiger partial charge in [0.2, 0.25) is 0 Å². The molecule has 0 bridgehead atoms. The van der Waals surface area contributed by atoms with E-state index in [1.54, 1.807) is 10.6 Å². The molecule has 4 rings (SSSR count). The van der Waals surface area contributed by atoms with E-state index in [4.69, 9.17) is 4.98 Å². The van der Waals surface area contributed by atoms with Crippen LogP contribution in [0.4, 0.5) is 0 Å². The molecule has 31 heavy (non-hydrogen) atoms. The van der Waals surface area contributed by atoms with Gasteiger partial charge in [-0.2, -0.15) is 0 Å². The third-order valence-electron chi connectivity index (χ3n) is 6.67. The summed E-state index contributed by atoms with van der Waals surface area (Å²) in [6.07, 6.45) is 12.9. The van der Waals surface area contributed by atoms with Gasteiger partial charge >= 0.3 is 0 Å². The van der Waals surface area contributed by atoms with Crippen molar-refractivity contribution in [2.24, 2.45) is 5.92 Å². The molecule has 5 heteroatoms. The fourth-order valence-corrected chi connectivity index (χ4v) is 4.75. The van der Waals surface area contributed by atoms with Crippen LogP contribution < -0.4 is 5.56 Å². The summed E-state index contributed by atoms with van der Waals surface area (Å²) in [5.74, 6) is 2.53. The molecular formula is C26H36N4O. The highest BCUT2D eigenvalue weighted by Gasteiger charge is 2.16. The third kappa shape index (κ3) is 5.44. The number of aromatic amines is 1. The number of unbranched alkanes of at least 4 members (excludes halogenated alkanes) is 2. The Bertz CT molecular complexity index is 1050. The van der Waals surface area contributed by atoms with E-state index in [-0.39, 0.29) is 11.0 Å². The first kappa shape index (κ1) is 21.8. The molecule has 0 aliphatic heterocycles. The maximum atomic E-state index is 12.0. The minimum absolute atomic E-state index is 0.111. The normalized spacial score (nSPS) is 15.6. The summed E-state index contributed by atoms with van der Waals surface area (Å²) in [5.41, 5.74) is 2.90. The minimum atomic E-state index is -0.131. The summed E-state index contributed by atoms with van der Waals surface area (Å²) in [7, 11) is 0. The van der Waals surface area contributed by atoms with Crippen LogP contribution in [0, 0.1) is 5.92 Å². The molecule has 2 heterocycles. The van der Waals surface area contributed by atoms with Crippen molar-refractivity contribution in [1.82, 2.24) is 19.6 Å². The first-order valence-corrected chi connectivity index (χ1v) is 12.0. The smallest absolute Gasteiger partial charge is 0.266 e. The fourth-order valence-electron chi connectivity index (χ4n) is 4.75. The van der Waals surface area contributed by atoms with Crippen molar-refractivity contribution in [2.45, 2.75) is 90.4 Å². The van der Waals surface area contributed by atoms with Crippen molar-refractivity contribution in [3.05, 3.63) is 52.1 Å². The predicted molar refractivity (Wildman–Crippen MR) is 126 cm³/mol. The van der Waals surface area contributed by atoms with Crippen molar-refractivity contribution in [3.8, 4) is 11.4 Å². The van der Waals surface area contributed by atoms with Gasteiger partial charge < -0.3 is 0 Å². The van der Waals surface area contributed by atoms with Gasteiger partial charge in [-0.05, 0) is 23.3 Å². The van der Waals surface area contributed by atoms with Gasteiger partial charge in [0.15, 0.2) is 11.5 Å². The highest BCUT2D eigenvalue weighted by molar-refractivity contribution is 5.58. The zero-order chi connectivity index (χ0) is 21.8. The van der Waals surface area contributed by atoms with Crippen LogP contribution in [0.25, 0.3) is 17.0 Å². The Labute approximate surface area is 185 Å². The first-order chi connectivity index (χ1) is 14.9. The largest absolute Gasteiger partial charge is 0.268 e. The number of aromatic nitrogens is 4. The lowest BCUT2D eigenvalue weighted by atomic mass is 9.85. The van der Waals surface area contributed by atoms with Crippen LogP contribution in [-0.2, 0) is 11.8 Å². The second-order valence-electron chi connectivity index (χ2n) is 10.2. The lowest BCUT2D eigenvalue weighted by Gasteiger charge is -2.21. The molecule has 1 aromatic carbocycles. The van der Waals surface area contributed by atoms with Gasteiger partial charge in [0, 0.05) is 18.1 Å². The summed E-state index contributed by atoms with van der Waals surface area (Å²) in [5, 5.41) is 2.86. The number of nitrogens with zero attached hydrogens (tertiary/aromatic N) is 3. The monoisotopic (exact) mass is 420 g/mol. The van der Waals surface area contributed by atoms with Crippen LogP contribution in [0.2, 0.25) is 0 Å². The van der Waals surface area contributed by atoms with Gasteiger partial charge in [-0.25, -0.2) is 14.5 Å². The highest BCUT2D eigenvalue weighted by Crippen LogP contribution is 2.28. The van der Waals surface area contributed by atoms with Crippen LogP contribution in [0.1, 0.15) is 89.9 Å². The summed E-state index contributed by atoms with van der Waals surface area (Å²) >= 11 is 0. The molecule has 1 saturated carbocycles. The Morgan fingerprint density at radius 2 is 1.74 bits per heavy atom. The highest BCUT2D eigenvalue weighted by atomic mass is 16.1. The summed E-state index contributed by atoms with van der Waals surface area (Å²) in [6, 6.07) is 10.0. The molecule has 1 aliphatic rings. The zero-order valence-corrected chi connectivity index (χ0v) is 19.3. The topological polar surface area (TPSA) is 63.1 Å². The van der Waals surface area contributed by atoms with E-state index >= 15 is 0 Å². The van der Waals surface area contributed by atoms with E-state index in [2.05, 4.69) is 55.1 Å². The molecule has 5 nitrogen and oxygen atoms in total. The van der Waals surface area contributed by atoms with Crippen LogP contribution in [0.15, 0.2) is 35.1 Å². The second kappa shape index (κ2) is 9.37. The van der Waals surface area contributed by atoms with Gasteiger partial charge in [0.25, 0.3) is 5.56 Å². The van der Waals surface area contributed by atoms with E-state index in [1.165, 1.54) is 56.9 Å². The average molecular weight is 421 g/mol. The van der Waals surface area contributed by atoms with E-state index in [1.807, 2.05) is 0 Å². The number of hydrogen-bond donors (Lipinski definition) is 1. The minimum Gasteiger partial charge on any atom is -0.268 e. The maximum Gasteiger partial charge on any atom is 0.266 e. The Hall–Kier alpha value is -2.43. The Morgan fingerprint density at radius 1 is 1.00 bits per heavy atom. The molecule has 1 aliphatic carbocycles. The number of H-pyrrole nitrogens is 1. The SMILES string of the molecule is CC(C)(C)c1ccc(-c2nc(CCCCCC3CCCCC3)n3[nH]c(=O)cc3n2)cc1. The van der Waals surface area contributed by atoms with Crippen LogP contribution in [0.5, 0.6) is 0 Å². The Kier molecular flexibility index (Phi) is 6.59. The van der Waals surface area contributed by atoms with Crippen LogP contribution >= 0.6 is 0 Å². The predicted octanol–water partition coefficient (Wildman–Crippen LogP) is 6.07. The van der Waals surface area contributed by atoms with Gasteiger partial charge in [-0.3, -0.25) is 9.89 Å². The Balaban J connectivity index is 1.46. The molecule has 1 N–H and O–H groups in total. The summed E-state index contributed by atoms with van der Waals surface area (Å²) in [6.45, 7) is 6.63. The van der Waals surface area contributed by atoms with Crippen LogP contribution in [0.3, 0.4) is 0 Å².